The fourth-order valence-electron chi connectivity index (χ4n) is 2.04. The molecule has 0 bridgehead atoms. The van der Waals surface area contributed by atoms with Gasteiger partial charge in [0, 0.05) is 6.04 Å². The quantitative estimate of drug-likeness (QED) is 0.740. The molecule has 0 saturated carbocycles. The Balaban J connectivity index is 2.77. The normalized spacial score (nSPS) is 13.1. The maximum atomic E-state index is 4.33. The monoisotopic (exact) mass is 237 g/mol. The molecule has 0 N–H and O–H groups in total. The van der Waals surface area contributed by atoms with E-state index in [4.69, 9.17) is 0 Å². The van der Waals surface area contributed by atoms with Crippen LogP contribution in [-0.2, 0) is 6.42 Å². The van der Waals surface area contributed by atoms with Crippen LogP contribution in [0.2, 0.25) is 0 Å². The van der Waals surface area contributed by atoms with Crippen molar-refractivity contribution in [3.8, 4) is 0 Å². The smallest absolute Gasteiger partial charge is 0.0349 e. The fraction of sp³-hybridized carbons (Fsp3) is 0.571. The van der Waals surface area contributed by atoms with E-state index in [0.29, 0.717) is 6.04 Å². The molecule has 90 valence electrons. The van der Waals surface area contributed by atoms with Gasteiger partial charge in [-0.05, 0) is 43.8 Å². The van der Waals surface area contributed by atoms with Crippen molar-refractivity contribution in [2.24, 2.45) is 0 Å². The summed E-state index contributed by atoms with van der Waals surface area (Å²) in [4.78, 5) is 2.27. The zero-order chi connectivity index (χ0) is 12.0. The van der Waals surface area contributed by atoms with E-state index in [1.54, 1.807) is 0 Å². The number of rotatable bonds is 6. The van der Waals surface area contributed by atoms with Crippen LogP contribution in [0.3, 0.4) is 0 Å². The molecule has 0 heterocycles. The van der Waals surface area contributed by atoms with Crippen molar-refractivity contribution in [1.82, 2.24) is 4.90 Å². The third-order valence-electron chi connectivity index (χ3n) is 2.93. The van der Waals surface area contributed by atoms with E-state index in [9.17, 15) is 0 Å². The van der Waals surface area contributed by atoms with Gasteiger partial charge in [-0.1, -0.05) is 37.6 Å². The molecule has 0 radical (unpaired) electrons. The summed E-state index contributed by atoms with van der Waals surface area (Å²) in [6, 6.07) is 9.54. The molecule has 0 aliphatic rings. The first-order valence-corrected chi connectivity index (χ1v) is 6.68. The van der Waals surface area contributed by atoms with Crippen molar-refractivity contribution in [1.29, 1.82) is 0 Å². The van der Waals surface area contributed by atoms with Crippen molar-refractivity contribution in [2.45, 2.75) is 32.2 Å². The molecule has 16 heavy (non-hydrogen) atoms. The van der Waals surface area contributed by atoms with E-state index in [1.165, 1.54) is 24.0 Å². The van der Waals surface area contributed by atoms with Crippen molar-refractivity contribution in [3.05, 3.63) is 35.4 Å². The van der Waals surface area contributed by atoms with Crippen molar-refractivity contribution >= 4 is 12.6 Å². The van der Waals surface area contributed by atoms with Gasteiger partial charge in [-0.2, -0.15) is 12.6 Å². The van der Waals surface area contributed by atoms with Crippen LogP contribution in [0.5, 0.6) is 0 Å². The number of hydrogen-bond acceptors (Lipinski definition) is 2. The molecule has 1 atom stereocenters. The first-order chi connectivity index (χ1) is 7.69. The lowest BCUT2D eigenvalue weighted by molar-refractivity contribution is 0.293. The minimum absolute atomic E-state index is 0.494. The molecule has 1 aromatic carbocycles. The highest BCUT2D eigenvalue weighted by atomic mass is 32.1. The molecular formula is C14H23NS. The molecule has 1 rings (SSSR count). The molecule has 0 spiro atoms. The summed E-state index contributed by atoms with van der Waals surface area (Å²) in [6.45, 7) is 2.22. The van der Waals surface area contributed by atoms with Crippen LogP contribution in [0, 0.1) is 0 Å². The van der Waals surface area contributed by atoms with Gasteiger partial charge in [-0.3, -0.25) is 0 Å². The van der Waals surface area contributed by atoms with E-state index in [2.05, 4.69) is 62.8 Å². The summed E-state index contributed by atoms with van der Waals surface area (Å²) in [5.41, 5.74) is 2.84. The van der Waals surface area contributed by atoms with Crippen LogP contribution in [0.15, 0.2) is 24.3 Å². The number of nitrogens with zero attached hydrogens (tertiary/aromatic N) is 1. The maximum Gasteiger partial charge on any atom is 0.0349 e. The van der Waals surface area contributed by atoms with Gasteiger partial charge in [-0.15, -0.1) is 0 Å². The van der Waals surface area contributed by atoms with Crippen LogP contribution in [0.1, 0.15) is 36.9 Å². The van der Waals surface area contributed by atoms with Crippen molar-refractivity contribution in [3.63, 3.8) is 0 Å². The molecule has 2 heteroatoms. The van der Waals surface area contributed by atoms with E-state index in [-0.39, 0.29) is 0 Å². The van der Waals surface area contributed by atoms with E-state index < -0.39 is 0 Å². The second kappa shape index (κ2) is 6.97. The van der Waals surface area contributed by atoms with Gasteiger partial charge in [0.05, 0.1) is 0 Å². The molecular weight excluding hydrogens is 214 g/mol. The summed E-state index contributed by atoms with van der Waals surface area (Å²) in [5.74, 6) is 0.930. The first kappa shape index (κ1) is 13.6. The third kappa shape index (κ3) is 3.84. The Morgan fingerprint density at radius 1 is 1.19 bits per heavy atom. The molecule has 0 aliphatic carbocycles. The molecule has 1 nitrogen and oxygen atoms in total. The standard InChI is InChI=1S/C14H23NS/c1-4-5-12-6-8-13(9-7-12)14(10-11-16)15(2)3/h6-9,14,16H,4-5,10-11H2,1-3H3. The van der Waals surface area contributed by atoms with Gasteiger partial charge in [0.2, 0.25) is 0 Å². The topological polar surface area (TPSA) is 3.24 Å². The zero-order valence-electron chi connectivity index (χ0n) is 10.6. The SMILES string of the molecule is CCCc1ccc(C(CCS)N(C)C)cc1. The Bertz CT molecular complexity index is 292. The molecule has 0 aliphatic heterocycles. The van der Waals surface area contributed by atoms with Crippen molar-refractivity contribution < 1.29 is 0 Å². The van der Waals surface area contributed by atoms with Crippen LogP contribution >= 0.6 is 12.6 Å². The van der Waals surface area contributed by atoms with Gasteiger partial charge < -0.3 is 4.90 Å². The largest absolute Gasteiger partial charge is 0.302 e. The summed E-state index contributed by atoms with van der Waals surface area (Å²) in [6.07, 6.45) is 3.50. The maximum absolute atomic E-state index is 4.33. The van der Waals surface area contributed by atoms with Crippen molar-refractivity contribution in [2.75, 3.05) is 19.8 Å². The molecule has 0 fully saturated rings. The van der Waals surface area contributed by atoms with E-state index >= 15 is 0 Å². The van der Waals surface area contributed by atoms with Gasteiger partial charge in [0.1, 0.15) is 0 Å². The highest BCUT2D eigenvalue weighted by Gasteiger charge is 2.12. The average molecular weight is 237 g/mol. The number of benzene rings is 1. The second-order valence-corrected chi connectivity index (χ2v) is 4.93. The first-order valence-electron chi connectivity index (χ1n) is 6.05. The molecule has 1 aromatic rings. The Labute approximate surface area is 105 Å². The molecule has 0 aromatic heterocycles. The Hall–Kier alpha value is -0.470. The predicted molar refractivity (Wildman–Crippen MR) is 75.3 cm³/mol. The Morgan fingerprint density at radius 3 is 2.25 bits per heavy atom. The number of aryl methyl sites for hydroxylation is 1. The van der Waals surface area contributed by atoms with Gasteiger partial charge in [-0.25, -0.2) is 0 Å². The average Bonchev–Trinajstić information content (AvgIpc) is 2.27. The van der Waals surface area contributed by atoms with Gasteiger partial charge in [0.25, 0.3) is 0 Å². The molecule has 1 unspecified atom stereocenters. The zero-order valence-corrected chi connectivity index (χ0v) is 11.5. The predicted octanol–water partition coefficient (Wildman–Crippen LogP) is 3.56. The van der Waals surface area contributed by atoms with E-state index in [0.717, 1.165) is 12.2 Å². The minimum Gasteiger partial charge on any atom is -0.302 e. The van der Waals surface area contributed by atoms with Gasteiger partial charge >= 0.3 is 0 Å². The van der Waals surface area contributed by atoms with E-state index in [1.807, 2.05) is 0 Å². The summed E-state index contributed by atoms with van der Waals surface area (Å²) in [7, 11) is 4.27. The fourth-order valence-corrected chi connectivity index (χ4v) is 2.28. The Kier molecular flexibility index (Phi) is 5.93. The minimum atomic E-state index is 0.494. The van der Waals surface area contributed by atoms with Crippen LogP contribution in [-0.4, -0.2) is 24.7 Å². The Morgan fingerprint density at radius 2 is 1.81 bits per heavy atom. The molecule has 0 amide bonds. The van der Waals surface area contributed by atoms with Crippen LogP contribution < -0.4 is 0 Å². The molecule has 0 saturated heterocycles. The van der Waals surface area contributed by atoms with Crippen LogP contribution in [0.4, 0.5) is 0 Å². The summed E-state index contributed by atoms with van der Waals surface area (Å²) in [5, 5.41) is 0. The number of hydrogen-bond donors (Lipinski definition) is 1. The number of thiol groups is 1. The van der Waals surface area contributed by atoms with Gasteiger partial charge in [0.15, 0.2) is 0 Å². The highest BCUT2D eigenvalue weighted by molar-refractivity contribution is 7.80. The second-order valence-electron chi connectivity index (χ2n) is 4.48. The summed E-state index contributed by atoms with van der Waals surface area (Å²) >= 11 is 4.33. The highest BCUT2D eigenvalue weighted by Crippen LogP contribution is 2.22. The summed E-state index contributed by atoms with van der Waals surface area (Å²) < 4.78 is 0. The lowest BCUT2D eigenvalue weighted by atomic mass is 10.0. The third-order valence-corrected chi connectivity index (χ3v) is 3.19. The lowest BCUT2D eigenvalue weighted by Gasteiger charge is -2.24. The van der Waals surface area contributed by atoms with Crippen LogP contribution in [0.25, 0.3) is 0 Å². The lowest BCUT2D eigenvalue weighted by Crippen LogP contribution is -2.20.